The van der Waals surface area contributed by atoms with Gasteiger partial charge in [-0.3, -0.25) is 4.98 Å². The van der Waals surface area contributed by atoms with E-state index in [9.17, 15) is 5.11 Å². The van der Waals surface area contributed by atoms with Gasteiger partial charge in [0.15, 0.2) is 0 Å². The molecule has 2 aromatic heterocycles. The minimum Gasteiger partial charge on any atom is -0.392 e. The van der Waals surface area contributed by atoms with Crippen LogP contribution < -0.4 is 4.90 Å². The summed E-state index contributed by atoms with van der Waals surface area (Å²) in [6.45, 7) is 0.751. The molecule has 1 N–H and O–H groups in total. The van der Waals surface area contributed by atoms with E-state index >= 15 is 0 Å². The molecule has 16 heavy (non-hydrogen) atoms. The molecule has 5 heteroatoms. The first kappa shape index (κ1) is 11.0. The minimum absolute atomic E-state index is 0.0270. The maximum Gasteiger partial charge on any atom is 0.0795 e. The molecule has 0 amide bonds. The predicted molar refractivity (Wildman–Crippen MR) is 64.4 cm³/mol. The number of rotatable bonds is 4. The molecule has 2 heterocycles. The number of hydrogen-bond acceptors (Lipinski definition) is 5. The first-order valence-corrected chi connectivity index (χ1v) is 5.87. The quantitative estimate of drug-likeness (QED) is 0.875. The molecule has 2 aromatic rings. The topological polar surface area (TPSA) is 49.2 Å². The van der Waals surface area contributed by atoms with E-state index in [2.05, 4.69) is 9.97 Å². The summed E-state index contributed by atoms with van der Waals surface area (Å²) >= 11 is 1.58. The molecule has 0 aliphatic carbocycles. The zero-order valence-electron chi connectivity index (χ0n) is 9.00. The van der Waals surface area contributed by atoms with Gasteiger partial charge in [0, 0.05) is 24.2 Å². The van der Waals surface area contributed by atoms with Gasteiger partial charge in [-0.2, -0.15) is 0 Å². The van der Waals surface area contributed by atoms with Crippen molar-refractivity contribution in [2.45, 2.75) is 13.2 Å². The molecule has 0 aromatic carbocycles. The summed E-state index contributed by atoms with van der Waals surface area (Å²) in [6, 6.07) is 1.83. The van der Waals surface area contributed by atoms with Crippen LogP contribution in [0.3, 0.4) is 0 Å². The average Bonchev–Trinajstić information content (AvgIpc) is 2.81. The number of hydrogen-bond donors (Lipinski definition) is 1. The van der Waals surface area contributed by atoms with E-state index in [0.717, 1.165) is 23.5 Å². The van der Waals surface area contributed by atoms with Crippen molar-refractivity contribution >= 4 is 17.0 Å². The van der Waals surface area contributed by atoms with E-state index < -0.39 is 0 Å². The Kier molecular flexibility index (Phi) is 3.48. The van der Waals surface area contributed by atoms with Gasteiger partial charge in [0.25, 0.3) is 0 Å². The molecule has 0 aliphatic rings. The maximum atomic E-state index is 9.23. The lowest BCUT2D eigenvalue weighted by Gasteiger charge is -2.20. The largest absolute Gasteiger partial charge is 0.392 e. The highest BCUT2D eigenvalue weighted by molar-refractivity contribution is 7.07. The second-order valence-electron chi connectivity index (χ2n) is 3.50. The van der Waals surface area contributed by atoms with Crippen LogP contribution in [0, 0.1) is 0 Å². The zero-order chi connectivity index (χ0) is 11.4. The third kappa shape index (κ3) is 2.37. The monoisotopic (exact) mass is 235 g/mol. The summed E-state index contributed by atoms with van der Waals surface area (Å²) in [4.78, 5) is 10.3. The highest BCUT2D eigenvalue weighted by atomic mass is 32.1. The Hall–Kier alpha value is -1.46. The van der Waals surface area contributed by atoms with Crippen molar-refractivity contribution in [1.82, 2.24) is 9.97 Å². The van der Waals surface area contributed by atoms with E-state index in [4.69, 9.17) is 0 Å². The van der Waals surface area contributed by atoms with Crippen LogP contribution in [0.25, 0.3) is 0 Å². The van der Waals surface area contributed by atoms with Gasteiger partial charge in [-0.15, -0.1) is 11.3 Å². The Labute approximate surface area is 98.2 Å². The fourth-order valence-corrected chi connectivity index (χ4v) is 2.09. The summed E-state index contributed by atoms with van der Waals surface area (Å²) in [5.41, 5.74) is 4.67. The van der Waals surface area contributed by atoms with E-state index in [1.165, 1.54) is 0 Å². The Balaban J connectivity index is 2.17. The van der Waals surface area contributed by atoms with Crippen LogP contribution in [0.4, 0.5) is 5.69 Å². The van der Waals surface area contributed by atoms with Crippen molar-refractivity contribution in [1.29, 1.82) is 0 Å². The van der Waals surface area contributed by atoms with Crippen molar-refractivity contribution in [2.24, 2.45) is 0 Å². The molecule has 0 aliphatic heterocycles. The summed E-state index contributed by atoms with van der Waals surface area (Å²) in [7, 11) is 1.97. The van der Waals surface area contributed by atoms with Crippen molar-refractivity contribution in [2.75, 3.05) is 11.9 Å². The molecule has 4 nitrogen and oxygen atoms in total. The molecule has 0 radical (unpaired) electrons. The van der Waals surface area contributed by atoms with Gasteiger partial charge in [-0.05, 0) is 6.07 Å². The standard InChI is InChI=1S/C11H13N3OS/c1-14(5-10-7-16-8-13-10)11-4-12-3-2-9(11)6-15/h2-4,7-8,15H,5-6H2,1H3. The average molecular weight is 235 g/mol. The maximum absolute atomic E-state index is 9.23. The third-order valence-corrected chi connectivity index (χ3v) is 2.99. The van der Waals surface area contributed by atoms with Gasteiger partial charge in [0.2, 0.25) is 0 Å². The van der Waals surface area contributed by atoms with Crippen molar-refractivity contribution < 1.29 is 5.11 Å². The highest BCUT2D eigenvalue weighted by Crippen LogP contribution is 2.19. The lowest BCUT2D eigenvalue weighted by atomic mass is 10.2. The summed E-state index contributed by atoms with van der Waals surface area (Å²) < 4.78 is 0. The number of aliphatic hydroxyl groups excluding tert-OH is 1. The molecule has 0 fully saturated rings. The number of aromatic nitrogens is 2. The predicted octanol–water partition coefficient (Wildman–Crippen LogP) is 1.67. The van der Waals surface area contributed by atoms with Crippen LogP contribution in [-0.2, 0) is 13.2 Å². The number of nitrogens with zero attached hydrogens (tertiary/aromatic N) is 3. The normalized spacial score (nSPS) is 10.4. The smallest absolute Gasteiger partial charge is 0.0795 e. The molecule has 0 atom stereocenters. The lowest BCUT2D eigenvalue weighted by molar-refractivity contribution is 0.282. The SMILES string of the molecule is CN(Cc1cscn1)c1cnccc1CO. The van der Waals surface area contributed by atoms with Gasteiger partial charge in [0.1, 0.15) is 0 Å². The minimum atomic E-state index is 0.0270. The first-order chi connectivity index (χ1) is 7.81. The van der Waals surface area contributed by atoms with E-state index in [-0.39, 0.29) is 6.61 Å². The van der Waals surface area contributed by atoms with Crippen LogP contribution in [0.5, 0.6) is 0 Å². The van der Waals surface area contributed by atoms with Crippen molar-refractivity contribution in [3.05, 3.63) is 40.6 Å². The van der Waals surface area contributed by atoms with E-state index in [1.807, 2.05) is 28.9 Å². The highest BCUT2D eigenvalue weighted by Gasteiger charge is 2.08. The molecule has 0 spiro atoms. The molecule has 0 bridgehead atoms. The first-order valence-electron chi connectivity index (χ1n) is 4.93. The van der Waals surface area contributed by atoms with E-state index in [0.29, 0.717) is 0 Å². The van der Waals surface area contributed by atoms with Crippen LogP contribution in [-0.4, -0.2) is 22.1 Å². The Bertz CT molecular complexity index is 444. The van der Waals surface area contributed by atoms with Gasteiger partial charge in [-0.1, -0.05) is 0 Å². The molecule has 0 saturated carbocycles. The summed E-state index contributed by atoms with van der Waals surface area (Å²) in [6.07, 6.45) is 3.45. The summed E-state index contributed by atoms with van der Waals surface area (Å²) in [5.74, 6) is 0. The van der Waals surface area contributed by atoms with Crippen molar-refractivity contribution in [3.63, 3.8) is 0 Å². The second kappa shape index (κ2) is 5.05. The van der Waals surface area contributed by atoms with Crippen molar-refractivity contribution in [3.8, 4) is 0 Å². The fraction of sp³-hybridized carbons (Fsp3) is 0.273. The lowest BCUT2D eigenvalue weighted by Crippen LogP contribution is -2.18. The molecular weight excluding hydrogens is 222 g/mol. The van der Waals surface area contributed by atoms with Gasteiger partial charge in [0.05, 0.1) is 36.2 Å². The third-order valence-electron chi connectivity index (χ3n) is 2.35. The van der Waals surface area contributed by atoms with E-state index in [1.54, 1.807) is 23.7 Å². The fourth-order valence-electron chi connectivity index (χ4n) is 1.54. The van der Waals surface area contributed by atoms with Gasteiger partial charge >= 0.3 is 0 Å². The second-order valence-corrected chi connectivity index (χ2v) is 4.22. The number of pyridine rings is 1. The summed E-state index contributed by atoms with van der Waals surface area (Å²) in [5, 5.41) is 11.2. The van der Waals surface area contributed by atoms with Gasteiger partial charge < -0.3 is 10.0 Å². The Morgan fingerprint density at radius 1 is 1.50 bits per heavy atom. The van der Waals surface area contributed by atoms with Crippen LogP contribution in [0.15, 0.2) is 29.4 Å². The molecule has 2 rings (SSSR count). The van der Waals surface area contributed by atoms with Crippen LogP contribution >= 0.6 is 11.3 Å². The van der Waals surface area contributed by atoms with Gasteiger partial charge in [-0.25, -0.2) is 4.98 Å². The Morgan fingerprint density at radius 2 is 2.38 bits per heavy atom. The van der Waals surface area contributed by atoms with Crippen LogP contribution in [0.2, 0.25) is 0 Å². The number of thiazole rings is 1. The molecular formula is C11H13N3OS. The zero-order valence-corrected chi connectivity index (χ0v) is 9.81. The van der Waals surface area contributed by atoms with Crippen LogP contribution in [0.1, 0.15) is 11.3 Å². The number of anilines is 1. The molecule has 84 valence electrons. The number of aliphatic hydroxyl groups is 1. The molecule has 0 unspecified atom stereocenters. The molecule has 0 saturated heterocycles. The Morgan fingerprint density at radius 3 is 3.06 bits per heavy atom.